The first-order valence-corrected chi connectivity index (χ1v) is 12.6. The first kappa shape index (κ1) is 29.6. The number of alkyl carbamates (subject to hydrolysis) is 1. The van der Waals surface area contributed by atoms with Gasteiger partial charge in [-0.05, 0) is 46.6 Å². The molecule has 0 heterocycles. The number of rotatable bonds is 12. The van der Waals surface area contributed by atoms with Crippen molar-refractivity contribution in [2.24, 2.45) is 0 Å². The van der Waals surface area contributed by atoms with Gasteiger partial charge in [-0.2, -0.15) is 12.6 Å². The summed E-state index contributed by atoms with van der Waals surface area (Å²) in [7, 11) is 0. The number of aromatic hydroxyl groups is 1. The molecule has 0 aromatic heterocycles. The molecule has 1 aromatic carbocycles. The van der Waals surface area contributed by atoms with Crippen molar-refractivity contribution in [1.29, 1.82) is 0 Å². The average molecular weight is 496 g/mol. The summed E-state index contributed by atoms with van der Waals surface area (Å²) in [6, 6.07) is 4.31. The Labute approximate surface area is 209 Å². The Morgan fingerprint density at radius 3 is 2.29 bits per heavy atom. The van der Waals surface area contributed by atoms with E-state index < -0.39 is 29.7 Å². The molecular formula is C25H41N3O5S. The van der Waals surface area contributed by atoms with Crippen LogP contribution in [0.4, 0.5) is 4.79 Å². The van der Waals surface area contributed by atoms with Gasteiger partial charge >= 0.3 is 6.09 Å². The van der Waals surface area contributed by atoms with E-state index in [2.05, 4.69) is 23.3 Å². The van der Waals surface area contributed by atoms with Crippen LogP contribution in [0.15, 0.2) is 24.3 Å². The van der Waals surface area contributed by atoms with Crippen molar-refractivity contribution in [2.75, 3.05) is 12.3 Å². The van der Waals surface area contributed by atoms with E-state index in [0.29, 0.717) is 12.0 Å². The number of ether oxygens (including phenoxy) is 1. The van der Waals surface area contributed by atoms with Crippen molar-refractivity contribution in [3.63, 3.8) is 0 Å². The van der Waals surface area contributed by atoms with E-state index >= 15 is 0 Å². The van der Waals surface area contributed by atoms with Gasteiger partial charge in [-0.3, -0.25) is 9.59 Å². The Morgan fingerprint density at radius 1 is 1.12 bits per heavy atom. The molecule has 1 rings (SSSR count). The molecular weight excluding hydrogens is 454 g/mol. The van der Waals surface area contributed by atoms with Crippen molar-refractivity contribution in [2.45, 2.75) is 91.0 Å². The van der Waals surface area contributed by atoms with Gasteiger partial charge in [0.15, 0.2) is 0 Å². The van der Waals surface area contributed by atoms with Crippen molar-refractivity contribution in [3.05, 3.63) is 29.8 Å². The molecule has 3 atom stereocenters. The Morgan fingerprint density at radius 2 is 1.76 bits per heavy atom. The van der Waals surface area contributed by atoms with Gasteiger partial charge in [-0.25, -0.2) is 4.79 Å². The second kappa shape index (κ2) is 14.1. The summed E-state index contributed by atoms with van der Waals surface area (Å²) in [5.74, 6) is -0.923. The van der Waals surface area contributed by atoms with Crippen LogP contribution in [0.5, 0.6) is 5.75 Å². The van der Waals surface area contributed by atoms with Crippen molar-refractivity contribution in [1.82, 2.24) is 15.5 Å². The van der Waals surface area contributed by atoms with Gasteiger partial charge in [0.1, 0.15) is 23.4 Å². The molecule has 0 aliphatic rings. The minimum Gasteiger partial charge on any atom is -0.508 e. The molecule has 0 aliphatic carbocycles. The fourth-order valence-electron chi connectivity index (χ4n) is 3.53. The van der Waals surface area contributed by atoms with E-state index in [1.54, 1.807) is 39.0 Å². The summed E-state index contributed by atoms with van der Waals surface area (Å²) in [6.07, 6.45) is 2.36. The Bertz CT molecular complexity index is 812. The number of amides is 3. The molecule has 0 spiro atoms. The van der Waals surface area contributed by atoms with Gasteiger partial charge in [-0.15, -0.1) is 0 Å². The molecule has 0 aliphatic heterocycles. The lowest BCUT2D eigenvalue weighted by molar-refractivity contribution is -0.142. The summed E-state index contributed by atoms with van der Waals surface area (Å²) >= 11 is 4.27. The standard InChI is InChI=1S/C25H41N3O5S/c1-7-9-15-28(23(31)19(16-34)27-24(32)33-25(4,5)6)21(18-13-10-11-14-20(18)29)22(30)26-17(3)12-8-2/h10-11,13-14,17,19,21,29,34H,7-9,12,15-16H2,1-6H3,(H,26,30)(H,27,32). The molecule has 3 amide bonds. The van der Waals surface area contributed by atoms with Gasteiger partial charge in [0.2, 0.25) is 11.8 Å². The van der Waals surface area contributed by atoms with Gasteiger partial charge in [0.25, 0.3) is 0 Å². The third-order valence-corrected chi connectivity index (χ3v) is 5.47. The molecule has 0 fully saturated rings. The van der Waals surface area contributed by atoms with E-state index in [1.165, 1.54) is 11.0 Å². The number of hydrogen-bond acceptors (Lipinski definition) is 6. The third-order valence-electron chi connectivity index (χ3n) is 5.11. The van der Waals surface area contributed by atoms with Gasteiger partial charge in [-0.1, -0.05) is 44.9 Å². The van der Waals surface area contributed by atoms with Gasteiger partial charge < -0.3 is 25.4 Å². The first-order valence-electron chi connectivity index (χ1n) is 11.9. The predicted molar refractivity (Wildman–Crippen MR) is 137 cm³/mol. The highest BCUT2D eigenvalue weighted by atomic mass is 32.1. The maximum Gasteiger partial charge on any atom is 0.408 e. The summed E-state index contributed by atoms with van der Waals surface area (Å²) in [4.78, 5) is 40.9. The quantitative estimate of drug-likeness (QED) is 0.325. The molecule has 3 unspecified atom stereocenters. The number of para-hydroxylation sites is 1. The minimum atomic E-state index is -1.07. The SMILES string of the molecule is CCCCN(C(=O)C(CS)NC(=O)OC(C)(C)C)C(C(=O)NC(C)CCC)c1ccccc1O. The zero-order valence-electron chi connectivity index (χ0n) is 21.3. The number of phenolic OH excluding ortho intramolecular Hbond substituents is 1. The summed E-state index contributed by atoms with van der Waals surface area (Å²) in [5, 5.41) is 16.1. The smallest absolute Gasteiger partial charge is 0.408 e. The van der Waals surface area contributed by atoms with E-state index in [9.17, 15) is 19.5 Å². The fourth-order valence-corrected chi connectivity index (χ4v) is 3.77. The number of benzene rings is 1. The minimum absolute atomic E-state index is 0.0159. The Balaban J connectivity index is 3.37. The van der Waals surface area contributed by atoms with Crippen molar-refractivity contribution in [3.8, 4) is 5.75 Å². The predicted octanol–water partition coefficient (Wildman–Crippen LogP) is 4.19. The van der Waals surface area contributed by atoms with Crippen molar-refractivity contribution < 1.29 is 24.2 Å². The number of hydrogen-bond donors (Lipinski definition) is 4. The molecule has 8 nitrogen and oxygen atoms in total. The Kier molecular flexibility index (Phi) is 12.3. The first-order chi connectivity index (χ1) is 15.9. The van der Waals surface area contributed by atoms with Crippen LogP contribution in [0.1, 0.15) is 78.8 Å². The molecule has 34 heavy (non-hydrogen) atoms. The number of carbonyl (C=O) groups excluding carboxylic acids is 3. The lowest BCUT2D eigenvalue weighted by atomic mass is 10.0. The van der Waals surface area contributed by atoms with E-state index in [0.717, 1.165) is 19.3 Å². The maximum atomic E-state index is 13.7. The summed E-state index contributed by atoms with van der Waals surface area (Å²) in [6.45, 7) is 11.4. The molecule has 9 heteroatoms. The maximum absolute atomic E-state index is 13.7. The van der Waals surface area contributed by atoms with Crippen LogP contribution in [0.25, 0.3) is 0 Å². The van der Waals surface area contributed by atoms with E-state index in [4.69, 9.17) is 4.74 Å². The second-order valence-corrected chi connectivity index (χ2v) is 9.79. The van der Waals surface area contributed by atoms with Gasteiger partial charge in [0.05, 0.1) is 0 Å². The zero-order valence-corrected chi connectivity index (χ0v) is 22.2. The number of unbranched alkanes of at least 4 members (excludes halogenated alkanes) is 1. The van der Waals surface area contributed by atoms with Gasteiger partial charge in [0, 0.05) is 23.9 Å². The molecule has 0 saturated heterocycles. The lowest BCUT2D eigenvalue weighted by Gasteiger charge is -2.35. The number of thiol groups is 1. The second-order valence-electron chi connectivity index (χ2n) is 9.43. The number of nitrogens with one attached hydrogen (secondary N) is 2. The van der Waals surface area contributed by atoms with Crippen LogP contribution in [0, 0.1) is 0 Å². The number of carbonyl (C=O) groups is 3. The monoisotopic (exact) mass is 495 g/mol. The molecule has 1 aromatic rings. The van der Waals surface area contributed by atoms with Crippen LogP contribution >= 0.6 is 12.6 Å². The number of phenols is 1. The molecule has 3 N–H and O–H groups in total. The summed E-state index contributed by atoms with van der Waals surface area (Å²) in [5.41, 5.74) is -0.410. The fraction of sp³-hybridized carbons (Fsp3) is 0.640. The van der Waals surface area contributed by atoms with Crippen LogP contribution in [-0.4, -0.2) is 57.9 Å². The highest BCUT2D eigenvalue weighted by molar-refractivity contribution is 7.80. The molecule has 0 bridgehead atoms. The molecule has 192 valence electrons. The normalized spacial score (nSPS) is 14.0. The van der Waals surface area contributed by atoms with Crippen LogP contribution in [0.2, 0.25) is 0 Å². The van der Waals surface area contributed by atoms with Crippen molar-refractivity contribution >= 4 is 30.5 Å². The highest BCUT2D eigenvalue weighted by Gasteiger charge is 2.37. The Hall–Kier alpha value is -2.42. The topological polar surface area (TPSA) is 108 Å². The average Bonchev–Trinajstić information content (AvgIpc) is 2.74. The van der Waals surface area contributed by atoms with Crippen LogP contribution in [-0.2, 0) is 14.3 Å². The number of nitrogens with zero attached hydrogens (tertiary/aromatic N) is 1. The molecule has 0 radical (unpaired) electrons. The largest absolute Gasteiger partial charge is 0.508 e. The lowest BCUT2D eigenvalue weighted by Crippen LogP contribution is -2.54. The highest BCUT2D eigenvalue weighted by Crippen LogP contribution is 2.30. The van der Waals surface area contributed by atoms with Crippen LogP contribution < -0.4 is 10.6 Å². The summed E-state index contributed by atoms with van der Waals surface area (Å²) < 4.78 is 5.30. The van der Waals surface area contributed by atoms with E-state index in [1.807, 2.05) is 20.8 Å². The van der Waals surface area contributed by atoms with Crippen LogP contribution in [0.3, 0.4) is 0 Å². The zero-order chi connectivity index (χ0) is 25.9. The third kappa shape index (κ3) is 9.44. The molecule has 0 saturated carbocycles. The van der Waals surface area contributed by atoms with E-state index in [-0.39, 0.29) is 30.0 Å².